The standard InChI is InChI=1S/C17H30N4.HI/c1-7-18-16(20-13-17(3,4)21(5)6)19-12-15-10-8-14(2)9-11-15;/h8-11H,7,12-13H2,1-6H3,(H2,18,19,20);1H. The van der Waals surface area contributed by atoms with Crippen LogP contribution in [0.5, 0.6) is 0 Å². The molecule has 0 atom stereocenters. The van der Waals surface area contributed by atoms with Crippen LogP contribution >= 0.6 is 24.0 Å². The summed E-state index contributed by atoms with van der Waals surface area (Å²) in [5, 5.41) is 6.72. The van der Waals surface area contributed by atoms with Crippen LogP contribution < -0.4 is 10.6 Å². The molecule has 0 radical (unpaired) electrons. The van der Waals surface area contributed by atoms with E-state index in [2.05, 4.69) is 86.6 Å². The maximum atomic E-state index is 4.65. The van der Waals surface area contributed by atoms with Crippen LogP contribution in [0.1, 0.15) is 31.9 Å². The molecule has 0 unspecified atom stereocenters. The Hall–Kier alpha value is -0.820. The first-order chi connectivity index (χ1) is 9.85. The van der Waals surface area contributed by atoms with Crippen molar-refractivity contribution in [2.75, 3.05) is 27.2 Å². The summed E-state index contributed by atoms with van der Waals surface area (Å²) in [7, 11) is 4.19. The van der Waals surface area contributed by atoms with Gasteiger partial charge in [0.05, 0.1) is 6.54 Å². The van der Waals surface area contributed by atoms with Crippen molar-refractivity contribution in [2.45, 2.75) is 39.8 Å². The lowest BCUT2D eigenvalue weighted by atomic mass is 10.0. The maximum Gasteiger partial charge on any atom is 0.191 e. The Bertz CT molecular complexity index is 452. The van der Waals surface area contributed by atoms with Gasteiger partial charge in [-0.25, -0.2) is 4.99 Å². The van der Waals surface area contributed by atoms with E-state index >= 15 is 0 Å². The van der Waals surface area contributed by atoms with Crippen molar-refractivity contribution in [3.8, 4) is 0 Å². The fraction of sp³-hybridized carbons (Fsp3) is 0.588. The average molecular weight is 418 g/mol. The van der Waals surface area contributed by atoms with Crippen LogP contribution in [0, 0.1) is 6.92 Å². The highest BCUT2D eigenvalue weighted by molar-refractivity contribution is 14.0. The zero-order chi connectivity index (χ0) is 15.9. The number of benzene rings is 1. The highest BCUT2D eigenvalue weighted by atomic mass is 127. The molecule has 22 heavy (non-hydrogen) atoms. The summed E-state index contributed by atoms with van der Waals surface area (Å²) in [6.45, 7) is 11.0. The minimum atomic E-state index is 0. The Kier molecular flexibility index (Phi) is 9.67. The van der Waals surface area contributed by atoms with Gasteiger partial charge < -0.3 is 15.5 Å². The lowest BCUT2D eigenvalue weighted by Crippen LogP contribution is -2.50. The third-order valence-electron chi connectivity index (χ3n) is 3.78. The van der Waals surface area contributed by atoms with Crippen molar-refractivity contribution < 1.29 is 0 Å². The van der Waals surface area contributed by atoms with E-state index in [1.807, 2.05) is 0 Å². The first kappa shape index (κ1) is 21.2. The Balaban J connectivity index is 0.00000441. The minimum Gasteiger partial charge on any atom is -0.357 e. The summed E-state index contributed by atoms with van der Waals surface area (Å²) in [5.74, 6) is 0.869. The molecule has 1 aromatic carbocycles. The third-order valence-corrected chi connectivity index (χ3v) is 3.78. The van der Waals surface area contributed by atoms with Gasteiger partial charge in [-0.15, -0.1) is 24.0 Å². The molecule has 0 aromatic heterocycles. The van der Waals surface area contributed by atoms with Gasteiger partial charge in [0.25, 0.3) is 0 Å². The number of nitrogens with one attached hydrogen (secondary N) is 2. The van der Waals surface area contributed by atoms with Gasteiger partial charge in [0.15, 0.2) is 5.96 Å². The molecule has 1 aromatic rings. The predicted molar refractivity (Wildman–Crippen MR) is 107 cm³/mol. The molecule has 0 aliphatic heterocycles. The van der Waals surface area contributed by atoms with Gasteiger partial charge in [0.1, 0.15) is 0 Å². The largest absolute Gasteiger partial charge is 0.357 e. The van der Waals surface area contributed by atoms with Crippen LogP contribution in [0.25, 0.3) is 0 Å². The van der Waals surface area contributed by atoms with E-state index < -0.39 is 0 Å². The SMILES string of the molecule is CCNC(=NCc1ccc(C)cc1)NCC(C)(C)N(C)C.I. The molecule has 0 amide bonds. The van der Waals surface area contributed by atoms with E-state index in [1.54, 1.807) is 0 Å². The average Bonchev–Trinajstić information content (AvgIpc) is 2.43. The number of hydrogen-bond donors (Lipinski definition) is 2. The second-order valence-corrected chi connectivity index (χ2v) is 6.24. The maximum absolute atomic E-state index is 4.65. The lowest BCUT2D eigenvalue weighted by molar-refractivity contribution is 0.197. The van der Waals surface area contributed by atoms with E-state index in [0.29, 0.717) is 6.54 Å². The quantitative estimate of drug-likeness (QED) is 0.424. The fourth-order valence-electron chi connectivity index (χ4n) is 1.66. The normalized spacial score (nSPS) is 12.0. The van der Waals surface area contributed by atoms with Gasteiger partial charge >= 0.3 is 0 Å². The third kappa shape index (κ3) is 7.45. The van der Waals surface area contributed by atoms with Crippen molar-refractivity contribution in [1.29, 1.82) is 0 Å². The van der Waals surface area contributed by atoms with E-state index in [-0.39, 0.29) is 29.5 Å². The number of aliphatic imine (C=N–C) groups is 1. The first-order valence-corrected chi connectivity index (χ1v) is 7.60. The molecular formula is C17H31IN4. The summed E-state index contributed by atoms with van der Waals surface area (Å²) in [6, 6.07) is 8.51. The van der Waals surface area contributed by atoms with Crippen LogP contribution in [0.3, 0.4) is 0 Å². The molecule has 0 fully saturated rings. The summed E-state index contributed by atoms with van der Waals surface area (Å²) in [5.41, 5.74) is 2.59. The zero-order valence-electron chi connectivity index (χ0n) is 14.7. The molecule has 0 aliphatic rings. The molecule has 126 valence electrons. The molecule has 0 bridgehead atoms. The number of nitrogens with zero attached hydrogens (tertiary/aromatic N) is 2. The Labute approximate surface area is 152 Å². The van der Waals surface area contributed by atoms with Crippen molar-refractivity contribution in [3.63, 3.8) is 0 Å². The molecule has 2 N–H and O–H groups in total. The Morgan fingerprint density at radius 1 is 1.14 bits per heavy atom. The number of hydrogen-bond acceptors (Lipinski definition) is 2. The number of aryl methyl sites for hydroxylation is 1. The molecule has 0 spiro atoms. The topological polar surface area (TPSA) is 39.7 Å². The fourth-order valence-corrected chi connectivity index (χ4v) is 1.66. The molecule has 0 saturated carbocycles. The van der Waals surface area contributed by atoms with Crippen molar-refractivity contribution >= 4 is 29.9 Å². The second-order valence-electron chi connectivity index (χ2n) is 6.24. The van der Waals surface area contributed by atoms with Gasteiger partial charge in [-0.1, -0.05) is 29.8 Å². The summed E-state index contributed by atoms with van der Waals surface area (Å²) >= 11 is 0. The molecule has 0 heterocycles. The summed E-state index contributed by atoms with van der Waals surface area (Å²) in [6.07, 6.45) is 0. The van der Waals surface area contributed by atoms with Gasteiger partial charge in [0.2, 0.25) is 0 Å². The zero-order valence-corrected chi connectivity index (χ0v) is 17.1. The van der Waals surface area contributed by atoms with Gasteiger partial charge in [-0.05, 0) is 47.4 Å². The number of guanidine groups is 1. The monoisotopic (exact) mass is 418 g/mol. The van der Waals surface area contributed by atoms with Crippen molar-refractivity contribution in [3.05, 3.63) is 35.4 Å². The van der Waals surface area contributed by atoms with E-state index in [9.17, 15) is 0 Å². The van der Waals surface area contributed by atoms with Crippen LogP contribution in [-0.2, 0) is 6.54 Å². The van der Waals surface area contributed by atoms with E-state index in [4.69, 9.17) is 0 Å². The van der Waals surface area contributed by atoms with Gasteiger partial charge in [-0.3, -0.25) is 0 Å². The smallest absolute Gasteiger partial charge is 0.191 e. The van der Waals surface area contributed by atoms with Gasteiger partial charge in [0, 0.05) is 18.6 Å². The molecular weight excluding hydrogens is 387 g/mol. The van der Waals surface area contributed by atoms with Gasteiger partial charge in [-0.2, -0.15) is 0 Å². The molecule has 5 heteroatoms. The van der Waals surface area contributed by atoms with Crippen molar-refractivity contribution in [1.82, 2.24) is 15.5 Å². The van der Waals surface area contributed by atoms with Crippen LogP contribution in [-0.4, -0.2) is 43.6 Å². The number of likely N-dealkylation sites (N-methyl/N-ethyl adjacent to an activating group) is 1. The minimum absolute atomic E-state index is 0. The van der Waals surface area contributed by atoms with Crippen LogP contribution in [0.2, 0.25) is 0 Å². The molecule has 1 rings (SSSR count). The van der Waals surface area contributed by atoms with Crippen LogP contribution in [0.15, 0.2) is 29.3 Å². The lowest BCUT2D eigenvalue weighted by Gasteiger charge is -2.33. The Morgan fingerprint density at radius 2 is 1.73 bits per heavy atom. The van der Waals surface area contributed by atoms with E-state index in [1.165, 1.54) is 11.1 Å². The number of rotatable bonds is 6. The predicted octanol–water partition coefficient (Wildman–Crippen LogP) is 3.01. The molecule has 0 saturated heterocycles. The summed E-state index contributed by atoms with van der Waals surface area (Å²) < 4.78 is 0. The highest BCUT2D eigenvalue weighted by Crippen LogP contribution is 2.08. The molecule has 0 aliphatic carbocycles. The molecule has 4 nitrogen and oxygen atoms in total. The van der Waals surface area contributed by atoms with Crippen LogP contribution in [0.4, 0.5) is 0 Å². The van der Waals surface area contributed by atoms with Crippen molar-refractivity contribution in [2.24, 2.45) is 4.99 Å². The summed E-state index contributed by atoms with van der Waals surface area (Å²) in [4.78, 5) is 6.86. The first-order valence-electron chi connectivity index (χ1n) is 7.60. The number of halogens is 1. The highest BCUT2D eigenvalue weighted by Gasteiger charge is 2.20. The second kappa shape index (κ2) is 10.0. The Morgan fingerprint density at radius 3 is 2.23 bits per heavy atom. The van der Waals surface area contributed by atoms with E-state index in [0.717, 1.165) is 19.0 Å².